The normalized spacial score (nSPS) is 16.8. The summed E-state index contributed by atoms with van der Waals surface area (Å²) in [5.41, 5.74) is 7.96. The molecule has 2 aromatic heterocycles. The fourth-order valence-electron chi connectivity index (χ4n) is 5.52. The molecule has 3 heterocycles. The van der Waals surface area contributed by atoms with Crippen LogP contribution < -0.4 is 15.0 Å². The maximum Gasteiger partial charge on any atom is 0.174 e. The van der Waals surface area contributed by atoms with Crippen molar-refractivity contribution in [2.24, 2.45) is 0 Å². The van der Waals surface area contributed by atoms with Gasteiger partial charge in [0.2, 0.25) is 0 Å². The second kappa shape index (κ2) is 10.4. The van der Waals surface area contributed by atoms with E-state index in [4.69, 9.17) is 21.9 Å². The molecule has 1 saturated heterocycles. The van der Waals surface area contributed by atoms with Gasteiger partial charge in [0.05, 0.1) is 17.8 Å². The Balaban J connectivity index is 1.43. The highest BCUT2D eigenvalue weighted by Crippen LogP contribution is 2.44. The van der Waals surface area contributed by atoms with E-state index in [9.17, 15) is 0 Å². The number of aromatic nitrogens is 2. The van der Waals surface area contributed by atoms with Gasteiger partial charge in [-0.15, -0.1) is 0 Å². The van der Waals surface area contributed by atoms with E-state index in [2.05, 4.69) is 84.1 Å². The summed E-state index contributed by atoms with van der Waals surface area (Å²) in [6, 6.07) is 34.6. The van der Waals surface area contributed by atoms with Crippen molar-refractivity contribution in [1.82, 2.24) is 14.9 Å². The molecule has 6 rings (SSSR count). The number of para-hydroxylation sites is 2. The third-order valence-electron chi connectivity index (χ3n) is 7.34. The number of hydrogen-bond acceptors (Lipinski definition) is 3. The van der Waals surface area contributed by atoms with Gasteiger partial charge in [0.25, 0.3) is 0 Å². The molecule has 1 aliphatic heterocycles. The molecule has 1 fully saturated rings. The molecule has 2 unspecified atom stereocenters. The van der Waals surface area contributed by atoms with Crippen LogP contribution in [0.5, 0.6) is 11.5 Å². The Hall–Kier alpha value is -4.42. The molecule has 1 N–H and O–H groups in total. The number of ether oxygens (including phenoxy) is 1. The zero-order chi connectivity index (χ0) is 26.9. The number of nitrogens with one attached hydrogen (secondary N) is 1. The van der Waals surface area contributed by atoms with Gasteiger partial charge in [0.15, 0.2) is 5.11 Å². The van der Waals surface area contributed by atoms with Gasteiger partial charge < -0.3 is 19.5 Å². The van der Waals surface area contributed by atoms with E-state index in [1.54, 1.807) is 0 Å². The van der Waals surface area contributed by atoms with Gasteiger partial charge in [-0.3, -0.25) is 4.98 Å². The lowest BCUT2D eigenvalue weighted by Gasteiger charge is -2.28. The van der Waals surface area contributed by atoms with E-state index in [1.165, 1.54) is 28.2 Å². The molecule has 0 saturated carbocycles. The predicted octanol–water partition coefficient (Wildman–Crippen LogP) is 7.77. The van der Waals surface area contributed by atoms with E-state index in [-0.39, 0.29) is 12.1 Å². The first-order valence-corrected chi connectivity index (χ1v) is 13.5. The lowest BCUT2D eigenvalue weighted by atomic mass is 9.96. The minimum atomic E-state index is -0.107. The fourth-order valence-corrected chi connectivity index (χ4v) is 5.87. The fraction of sp³-hybridized carbons (Fsp3) is 0.152. The van der Waals surface area contributed by atoms with Gasteiger partial charge in [0.1, 0.15) is 11.5 Å². The third kappa shape index (κ3) is 4.68. The van der Waals surface area contributed by atoms with Crippen LogP contribution in [0.4, 0.5) is 5.69 Å². The highest BCUT2D eigenvalue weighted by Gasteiger charge is 2.42. The van der Waals surface area contributed by atoms with Crippen molar-refractivity contribution >= 4 is 23.0 Å². The number of thiocarbonyl (C=S) groups is 1. The summed E-state index contributed by atoms with van der Waals surface area (Å²) < 4.78 is 8.39. The van der Waals surface area contributed by atoms with Crippen LogP contribution in [0, 0.1) is 20.8 Å². The molecule has 194 valence electrons. The zero-order valence-corrected chi connectivity index (χ0v) is 23.0. The first kappa shape index (κ1) is 24.9. The molecule has 6 heteroatoms. The molecule has 5 aromatic rings. The summed E-state index contributed by atoms with van der Waals surface area (Å²) in [6.07, 6.45) is 1.84. The maximum absolute atomic E-state index is 6.04. The average Bonchev–Trinajstić information content (AvgIpc) is 3.45. The minimum Gasteiger partial charge on any atom is -0.457 e. The number of nitrogens with zero attached hydrogens (tertiary/aromatic N) is 3. The summed E-state index contributed by atoms with van der Waals surface area (Å²) >= 11 is 5.96. The standard InChI is InChI=1S/C33H30N4OS/c1-22-11-7-8-15-30(22)36-23(2)21-28(24(36)3)32-31(29-14-9-10-20-34-29)35-33(39)37(32)25-16-18-27(19-17-25)38-26-12-5-4-6-13-26/h4-21,31-32H,1-3H3,(H,35,39). The molecule has 3 aromatic carbocycles. The summed E-state index contributed by atoms with van der Waals surface area (Å²) in [7, 11) is 0. The van der Waals surface area contributed by atoms with Crippen LogP contribution in [-0.2, 0) is 0 Å². The molecular formula is C33H30N4OS. The van der Waals surface area contributed by atoms with E-state index in [0.29, 0.717) is 5.11 Å². The highest BCUT2D eigenvalue weighted by atomic mass is 32.1. The van der Waals surface area contributed by atoms with E-state index >= 15 is 0 Å². The second-order valence-electron chi connectivity index (χ2n) is 9.85. The Morgan fingerprint density at radius 2 is 1.49 bits per heavy atom. The summed E-state index contributed by atoms with van der Waals surface area (Å²) in [5.74, 6) is 1.58. The quantitative estimate of drug-likeness (QED) is 0.227. The van der Waals surface area contributed by atoms with Gasteiger partial charge in [0, 0.05) is 29.0 Å². The third-order valence-corrected chi connectivity index (χ3v) is 7.65. The summed E-state index contributed by atoms with van der Waals surface area (Å²) in [5, 5.41) is 4.26. The van der Waals surface area contributed by atoms with Crippen LogP contribution in [-0.4, -0.2) is 14.7 Å². The average molecular weight is 531 g/mol. The Morgan fingerprint density at radius 3 is 2.21 bits per heavy atom. The van der Waals surface area contributed by atoms with Crippen LogP contribution in [0.1, 0.15) is 40.3 Å². The van der Waals surface area contributed by atoms with Gasteiger partial charge in [-0.05, 0) is 105 Å². The number of aryl methyl sites for hydroxylation is 2. The monoisotopic (exact) mass is 530 g/mol. The first-order chi connectivity index (χ1) is 19.0. The van der Waals surface area contributed by atoms with Gasteiger partial charge in [-0.2, -0.15) is 0 Å². The van der Waals surface area contributed by atoms with Crippen LogP contribution in [0.3, 0.4) is 0 Å². The number of hydrogen-bond donors (Lipinski definition) is 1. The van der Waals surface area contributed by atoms with Gasteiger partial charge >= 0.3 is 0 Å². The zero-order valence-electron chi connectivity index (χ0n) is 22.2. The Morgan fingerprint density at radius 1 is 0.795 bits per heavy atom. The number of benzene rings is 3. The second-order valence-corrected chi connectivity index (χ2v) is 10.2. The van der Waals surface area contributed by atoms with E-state index < -0.39 is 0 Å². The van der Waals surface area contributed by atoms with Crippen molar-refractivity contribution in [3.8, 4) is 17.2 Å². The Labute approximate surface area is 234 Å². The van der Waals surface area contributed by atoms with Crippen molar-refractivity contribution < 1.29 is 4.74 Å². The molecule has 0 amide bonds. The number of pyridine rings is 1. The van der Waals surface area contributed by atoms with Crippen molar-refractivity contribution in [1.29, 1.82) is 0 Å². The van der Waals surface area contributed by atoms with Gasteiger partial charge in [-0.25, -0.2) is 0 Å². The van der Waals surface area contributed by atoms with Crippen LogP contribution in [0.2, 0.25) is 0 Å². The highest BCUT2D eigenvalue weighted by molar-refractivity contribution is 7.80. The molecule has 1 aliphatic rings. The van der Waals surface area contributed by atoms with Crippen LogP contribution >= 0.6 is 12.2 Å². The summed E-state index contributed by atoms with van der Waals surface area (Å²) in [4.78, 5) is 6.93. The largest absolute Gasteiger partial charge is 0.457 e. The van der Waals surface area contributed by atoms with E-state index in [0.717, 1.165) is 22.9 Å². The Bertz CT molecular complexity index is 1610. The SMILES string of the molecule is Cc1ccccc1-n1c(C)cc(C2C(c3ccccn3)NC(=S)N2c2ccc(Oc3ccccc3)cc2)c1C. The maximum atomic E-state index is 6.04. The lowest BCUT2D eigenvalue weighted by Crippen LogP contribution is -2.29. The molecule has 0 radical (unpaired) electrons. The van der Waals surface area contributed by atoms with Crippen molar-refractivity contribution in [3.63, 3.8) is 0 Å². The molecule has 39 heavy (non-hydrogen) atoms. The van der Waals surface area contributed by atoms with Crippen molar-refractivity contribution in [3.05, 3.63) is 138 Å². The predicted molar refractivity (Wildman–Crippen MR) is 161 cm³/mol. The topological polar surface area (TPSA) is 42.3 Å². The van der Waals surface area contributed by atoms with Gasteiger partial charge in [-0.1, -0.05) is 42.5 Å². The van der Waals surface area contributed by atoms with Crippen molar-refractivity contribution in [2.75, 3.05) is 4.90 Å². The molecular weight excluding hydrogens is 500 g/mol. The molecule has 0 bridgehead atoms. The number of rotatable bonds is 6. The Kier molecular flexibility index (Phi) is 6.63. The smallest absolute Gasteiger partial charge is 0.174 e. The molecule has 5 nitrogen and oxygen atoms in total. The molecule has 2 atom stereocenters. The van der Waals surface area contributed by atoms with E-state index in [1.807, 2.05) is 60.8 Å². The number of anilines is 1. The van der Waals surface area contributed by atoms with Crippen LogP contribution in [0.15, 0.2) is 109 Å². The minimum absolute atomic E-state index is 0.0859. The lowest BCUT2D eigenvalue weighted by molar-refractivity contribution is 0.482. The summed E-state index contributed by atoms with van der Waals surface area (Å²) in [6.45, 7) is 6.52. The molecule has 0 spiro atoms. The molecule has 0 aliphatic carbocycles. The first-order valence-electron chi connectivity index (χ1n) is 13.1. The van der Waals surface area contributed by atoms with Crippen LogP contribution in [0.25, 0.3) is 5.69 Å². The van der Waals surface area contributed by atoms with Crippen molar-refractivity contribution in [2.45, 2.75) is 32.9 Å².